The van der Waals surface area contributed by atoms with Gasteiger partial charge in [0, 0.05) is 55.5 Å². The lowest BCUT2D eigenvalue weighted by Crippen LogP contribution is -2.15. The number of anilines is 6. The molecule has 0 amide bonds. The van der Waals surface area contributed by atoms with E-state index in [4.69, 9.17) is 6.57 Å². The third kappa shape index (κ3) is 7.59. The second kappa shape index (κ2) is 19.3. The van der Waals surface area contributed by atoms with Crippen molar-refractivity contribution in [3.63, 3.8) is 0 Å². The van der Waals surface area contributed by atoms with Crippen molar-refractivity contribution in [1.82, 2.24) is 0 Å². The molecule has 8 heteroatoms. The second-order valence-electron chi connectivity index (χ2n) is 18.2. The molecule has 6 nitrogen and oxygen atoms in total. The van der Waals surface area contributed by atoms with Gasteiger partial charge in [-0.15, -0.1) is 0 Å². The van der Waals surface area contributed by atoms with Crippen LogP contribution in [-0.4, -0.2) is 0 Å². The van der Waals surface area contributed by atoms with Crippen LogP contribution in [0.2, 0.25) is 0 Å². The minimum absolute atomic E-state index is 0.186. The Morgan fingerprint density at radius 1 is 0.342 bits per heavy atom. The molecule has 0 heterocycles. The van der Waals surface area contributed by atoms with Crippen LogP contribution in [0.25, 0.3) is 81.7 Å². The quantitative estimate of drug-likeness (QED) is 0.101. The van der Waals surface area contributed by atoms with Crippen molar-refractivity contribution in [1.29, 1.82) is 15.8 Å². The maximum Gasteiger partial charge on any atom is 0.194 e. The maximum atomic E-state index is 18.5. The number of hydrogen-bond donors (Lipinski definition) is 0. The molecule has 0 aliphatic rings. The largest absolute Gasteiger partial charge is 0.307 e. The van der Waals surface area contributed by atoms with E-state index in [-0.39, 0.29) is 22.5 Å². The van der Waals surface area contributed by atoms with Gasteiger partial charge in [0.2, 0.25) is 0 Å². The molecule has 0 saturated heterocycles. The minimum atomic E-state index is -0.583. The molecule has 0 spiro atoms. The van der Waals surface area contributed by atoms with Crippen LogP contribution < -0.4 is 9.80 Å². The van der Waals surface area contributed by atoms with Gasteiger partial charge in [-0.25, -0.2) is 13.6 Å². The van der Waals surface area contributed by atoms with Crippen LogP contribution in [0.3, 0.4) is 0 Å². The van der Waals surface area contributed by atoms with Crippen molar-refractivity contribution in [2.45, 2.75) is 0 Å². The van der Waals surface area contributed by atoms with E-state index in [0.29, 0.717) is 78.5 Å². The van der Waals surface area contributed by atoms with Crippen molar-refractivity contribution in [3.05, 3.63) is 270 Å². The highest BCUT2D eigenvalue weighted by Gasteiger charge is 2.30. The van der Waals surface area contributed by atoms with Gasteiger partial charge >= 0.3 is 0 Å². The van der Waals surface area contributed by atoms with Gasteiger partial charge in [0.15, 0.2) is 17.3 Å². The van der Waals surface area contributed by atoms with Gasteiger partial charge in [-0.3, -0.25) is 0 Å². The zero-order valence-electron chi connectivity index (χ0n) is 40.4. The number of benzene rings is 12. The molecule has 12 aromatic rings. The third-order valence-corrected chi connectivity index (χ3v) is 14.1. The number of nitriles is 3. The molecular weight excluding hydrogens is 939 g/mol. The topological polar surface area (TPSA) is 82.2 Å². The van der Waals surface area contributed by atoms with E-state index in [1.54, 1.807) is 84.9 Å². The Morgan fingerprint density at radius 2 is 0.684 bits per heavy atom. The fraction of sp³-hybridized carbons (Fsp3) is 0. The first-order valence-electron chi connectivity index (χ1n) is 24.4. The van der Waals surface area contributed by atoms with Gasteiger partial charge in [0.25, 0.3) is 0 Å². The van der Waals surface area contributed by atoms with E-state index in [1.807, 2.05) is 143 Å². The molecule has 0 saturated carbocycles. The molecule has 0 N–H and O–H groups in total. The first-order chi connectivity index (χ1) is 37.4. The lowest BCUT2D eigenvalue weighted by atomic mass is 9.90. The highest BCUT2D eigenvalue weighted by atomic mass is 19.1. The number of halogens is 2. The van der Waals surface area contributed by atoms with E-state index in [2.05, 4.69) is 35.2 Å². The Morgan fingerprint density at radius 3 is 1.11 bits per heavy atom. The molecule has 0 aliphatic heterocycles. The van der Waals surface area contributed by atoms with Crippen LogP contribution >= 0.6 is 0 Å². The van der Waals surface area contributed by atoms with Gasteiger partial charge in [-0.05, 0) is 87.3 Å². The van der Waals surface area contributed by atoms with E-state index in [1.165, 1.54) is 0 Å². The number of para-hydroxylation sites is 3. The van der Waals surface area contributed by atoms with E-state index in [9.17, 15) is 15.8 Å². The molecular formula is C68H38F2N6. The molecule has 0 atom stereocenters. The zero-order valence-corrected chi connectivity index (χ0v) is 40.4. The van der Waals surface area contributed by atoms with Crippen LogP contribution in [0, 0.1) is 52.2 Å². The zero-order chi connectivity index (χ0) is 51.9. The predicted molar refractivity (Wildman–Crippen MR) is 302 cm³/mol. The lowest BCUT2D eigenvalue weighted by Gasteiger charge is -2.32. The average Bonchev–Trinajstić information content (AvgIpc) is 3.62. The Hall–Kier alpha value is -10.9. The van der Waals surface area contributed by atoms with Crippen LogP contribution in [0.1, 0.15) is 16.7 Å². The summed E-state index contributed by atoms with van der Waals surface area (Å²) < 4.78 is 36.9. The van der Waals surface area contributed by atoms with Crippen LogP contribution in [0.5, 0.6) is 0 Å². The lowest BCUT2D eigenvalue weighted by molar-refractivity contribution is 0.632. The predicted octanol–water partition coefficient (Wildman–Crippen LogP) is 18.6. The standard InChI is InChI=1S/C68H38F2N6/c1-74-60-27-15-14-26-53(60)57-37-35-55(51-24-12-9-17-46(51)41-72)66(70)68(57)76(49-21-6-3-7-22-49)62-39-31-44-28-32-58-61(38-30-43-29-33-59(62)64(44)63(43)58)75(48-19-4-2-5-20-48)67-56(52-25-13-10-18-47(52)42-73)36-34-54(65(67)69)50-23-11-8-16-45(50)40-71/h2-39H. The Balaban J connectivity index is 1.16. The molecule has 354 valence electrons. The molecule has 0 aromatic heterocycles. The van der Waals surface area contributed by atoms with Gasteiger partial charge in [0.1, 0.15) is 0 Å². The minimum Gasteiger partial charge on any atom is -0.307 e. The smallest absolute Gasteiger partial charge is 0.194 e. The van der Waals surface area contributed by atoms with E-state index < -0.39 is 11.6 Å². The van der Waals surface area contributed by atoms with Gasteiger partial charge in [-0.2, -0.15) is 15.8 Å². The average molecular weight is 977 g/mol. The van der Waals surface area contributed by atoms with Crippen molar-refractivity contribution >= 4 is 72.1 Å². The van der Waals surface area contributed by atoms with E-state index in [0.717, 1.165) is 32.3 Å². The molecule has 0 fully saturated rings. The summed E-state index contributed by atoms with van der Waals surface area (Å²) in [5.74, 6) is -1.16. The van der Waals surface area contributed by atoms with E-state index >= 15 is 8.78 Å². The Bertz CT molecular complexity index is 4160. The second-order valence-corrected chi connectivity index (χ2v) is 18.2. The Kier molecular flexibility index (Phi) is 11.7. The third-order valence-electron chi connectivity index (χ3n) is 14.1. The van der Waals surface area contributed by atoms with Crippen molar-refractivity contribution in [2.24, 2.45) is 0 Å². The summed E-state index contributed by atoms with van der Waals surface area (Å²) in [7, 11) is 0. The molecule has 12 aromatic carbocycles. The SMILES string of the molecule is [C-]#[N+]c1ccccc1-c1ccc(-c2ccccc2C#N)c(F)c1N(c1ccccc1)c1ccc2ccc3c(N(c4ccccc4)c4c(-c5ccccc5C#N)ccc(-c5ccccc5C#N)c4F)ccc4ccc1c2c43. The van der Waals surface area contributed by atoms with Crippen molar-refractivity contribution < 1.29 is 8.78 Å². The summed E-state index contributed by atoms with van der Waals surface area (Å²) in [6.07, 6.45) is 0. The number of rotatable bonds is 10. The van der Waals surface area contributed by atoms with Gasteiger partial charge < -0.3 is 9.80 Å². The van der Waals surface area contributed by atoms with Crippen molar-refractivity contribution in [3.8, 4) is 62.7 Å². The van der Waals surface area contributed by atoms with Crippen LogP contribution in [0.4, 0.5) is 48.6 Å². The van der Waals surface area contributed by atoms with Crippen LogP contribution in [0.15, 0.2) is 231 Å². The molecule has 12 rings (SSSR count). The monoisotopic (exact) mass is 976 g/mol. The molecule has 0 radical (unpaired) electrons. The van der Waals surface area contributed by atoms with Crippen LogP contribution in [-0.2, 0) is 0 Å². The maximum absolute atomic E-state index is 18.5. The summed E-state index contributed by atoms with van der Waals surface area (Å²) in [4.78, 5) is 7.69. The molecule has 0 aliphatic carbocycles. The normalized spacial score (nSPS) is 11.0. The fourth-order valence-electron chi connectivity index (χ4n) is 10.8. The fourth-order valence-corrected chi connectivity index (χ4v) is 10.8. The highest BCUT2D eigenvalue weighted by molar-refractivity contribution is 6.28. The summed E-state index contributed by atoms with van der Waals surface area (Å²) in [5, 5.41) is 36.2. The summed E-state index contributed by atoms with van der Waals surface area (Å²) in [6.45, 7) is 8.19. The number of nitrogens with zero attached hydrogens (tertiary/aromatic N) is 6. The van der Waals surface area contributed by atoms with Crippen molar-refractivity contribution in [2.75, 3.05) is 9.80 Å². The molecule has 0 bridgehead atoms. The number of hydrogen-bond acceptors (Lipinski definition) is 5. The van der Waals surface area contributed by atoms with Gasteiger partial charge in [0.05, 0.1) is 64.2 Å². The summed E-state index contributed by atoms with van der Waals surface area (Å²) in [5.41, 5.74) is 7.66. The van der Waals surface area contributed by atoms with Gasteiger partial charge in [-0.1, -0.05) is 176 Å². The molecule has 76 heavy (non-hydrogen) atoms. The summed E-state index contributed by atoms with van der Waals surface area (Å²) >= 11 is 0. The highest BCUT2D eigenvalue weighted by Crippen LogP contribution is 2.53. The Labute approximate surface area is 437 Å². The summed E-state index contributed by atoms with van der Waals surface area (Å²) in [6, 6.07) is 77.4. The first kappa shape index (κ1) is 46.2. The first-order valence-corrected chi connectivity index (χ1v) is 24.4. The molecule has 0 unspecified atom stereocenters.